The number of hydrazone groups is 1. The number of carbonyl (C=O) groups excluding carboxylic acids is 1. The van der Waals surface area contributed by atoms with E-state index in [1.54, 1.807) is 12.3 Å². The zero-order valence-electron chi connectivity index (χ0n) is 16.9. The molecule has 0 atom stereocenters. The van der Waals surface area contributed by atoms with Gasteiger partial charge in [-0.1, -0.05) is 17.7 Å². The van der Waals surface area contributed by atoms with Gasteiger partial charge >= 0.3 is 0 Å². The smallest absolute Gasteiger partial charge is 0.230 e. The van der Waals surface area contributed by atoms with E-state index < -0.39 is 0 Å². The fourth-order valence-corrected chi connectivity index (χ4v) is 4.23. The Labute approximate surface area is 183 Å². The van der Waals surface area contributed by atoms with Crippen LogP contribution in [0.3, 0.4) is 0 Å². The number of nitrogens with two attached hydrogens (primary N) is 1. The largest absolute Gasteiger partial charge is 0.402 e. The third kappa shape index (κ3) is 4.58. The van der Waals surface area contributed by atoms with Crippen LogP contribution in [0.25, 0.3) is 10.3 Å². The molecule has 0 aliphatic heterocycles. The third-order valence-electron chi connectivity index (χ3n) is 4.64. The Hall–Kier alpha value is -3.04. The van der Waals surface area contributed by atoms with Crippen LogP contribution in [0.2, 0.25) is 5.15 Å². The predicted octanol–water partition coefficient (Wildman–Crippen LogP) is 3.33. The molecule has 0 bridgehead atoms. The number of halogens is 1. The van der Waals surface area contributed by atoms with E-state index in [-0.39, 0.29) is 6.54 Å². The van der Waals surface area contributed by atoms with Gasteiger partial charge in [0.15, 0.2) is 5.65 Å². The van der Waals surface area contributed by atoms with Gasteiger partial charge in [-0.3, -0.25) is 4.79 Å². The van der Waals surface area contributed by atoms with Gasteiger partial charge in [0.2, 0.25) is 6.41 Å². The number of carbonyl (C=O) groups is 1. The number of hydrogen-bond donors (Lipinski definition) is 2. The maximum Gasteiger partial charge on any atom is 0.230 e. The van der Waals surface area contributed by atoms with Crippen molar-refractivity contribution >= 4 is 52.1 Å². The third-order valence-corrected chi connectivity index (χ3v) is 6.10. The molecule has 3 aromatic rings. The van der Waals surface area contributed by atoms with Crippen LogP contribution in [0.4, 0.5) is 0 Å². The van der Waals surface area contributed by atoms with Gasteiger partial charge in [0, 0.05) is 36.6 Å². The number of hydrogen-bond acceptors (Lipinski definition) is 7. The fourth-order valence-electron chi connectivity index (χ4n) is 2.86. The van der Waals surface area contributed by atoms with Gasteiger partial charge in [0.05, 0.1) is 23.2 Å². The zero-order chi connectivity index (χ0) is 21.8. The average Bonchev–Trinajstić information content (AvgIpc) is 3.20. The van der Waals surface area contributed by atoms with E-state index in [0.717, 1.165) is 38.4 Å². The molecule has 0 saturated heterocycles. The molecule has 3 rings (SSSR count). The van der Waals surface area contributed by atoms with Gasteiger partial charge in [0.1, 0.15) is 10.2 Å². The molecule has 0 spiro atoms. The summed E-state index contributed by atoms with van der Waals surface area (Å²) < 4.78 is 2.96. The van der Waals surface area contributed by atoms with Gasteiger partial charge in [-0.15, -0.1) is 11.3 Å². The number of pyridine rings is 1. The SMILES string of the molecule is Cc1ccc(CN(C=O)/N=C\c2c(C)n(C)c3nc(CC(N)=CC=N)sc23)nc1Cl. The molecule has 8 nitrogen and oxygen atoms in total. The highest BCUT2D eigenvalue weighted by Crippen LogP contribution is 2.30. The van der Waals surface area contributed by atoms with E-state index >= 15 is 0 Å². The van der Waals surface area contributed by atoms with Crippen molar-refractivity contribution in [3.05, 3.63) is 56.6 Å². The topological polar surface area (TPSA) is 113 Å². The number of nitrogens with zero attached hydrogens (tertiary/aromatic N) is 5. The van der Waals surface area contributed by atoms with E-state index in [2.05, 4.69) is 15.1 Å². The first-order chi connectivity index (χ1) is 14.3. The predicted molar refractivity (Wildman–Crippen MR) is 121 cm³/mol. The van der Waals surface area contributed by atoms with Crippen molar-refractivity contribution in [2.45, 2.75) is 26.8 Å². The molecule has 3 aromatic heterocycles. The van der Waals surface area contributed by atoms with Crippen LogP contribution in [0.5, 0.6) is 0 Å². The lowest BCUT2D eigenvalue weighted by molar-refractivity contribution is -0.118. The Kier molecular flexibility index (Phi) is 6.63. The first kappa shape index (κ1) is 21.7. The second-order valence-corrected chi connectivity index (χ2v) is 8.20. The molecule has 0 radical (unpaired) electrons. The van der Waals surface area contributed by atoms with Crippen molar-refractivity contribution < 1.29 is 4.79 Å². The first-order valence-electron chi connectivity index (χ1n) is 9.11. The Morgan fingerprint density at radius 3 is 2.83 bits per heavy atom. The van der Waals surface area contributed by atoms with Gasteiger partial charge in [-0.2, -0.15) is 5.10 Å². The van der Waals surface area contributed by atoms with Gasteiger partial charge in [-0.05, 0) is 31.6 Å². The van der Waals surface area contributed by atoms with Crippen LogP contribution >= 0.6 is 22.9 Å². The van der Waals surface area contributed by atoms with Gasteiger partial charge in [-0.25, -0.2) is 15.0 Å². The molecule has 1 amide bonds. The number of amides is 1. The van der Waals surface area contributed by atoms with E-state index in [1.165, 1.54) is 16.3 Å². The lowest BCUT2D eigenvalue weighted by Crippen LogP contribution is -2.16. The number of nitrogens with one attached hydrogen (secondary N) is 1. The second-order valence-electron chi connectivity index (χ2n) is 6.76. The van der Waals surface area contributed by atoms with Crippen molar-refractivity contribution in [3.63, 3.8) is 0 Å². The maximum absolute atomic E-state index is 11.5. The lowest BCUT2D eigenvalue weighted by atomic mass is 10.2. The normalized spacial score (nSPS) is 12.1. The van der Waals surface area contributed by atoms with Crippen molar-refractivity contribution in [2.24, 2.45) is 17.9 Å². The summed E-state index contributed by atoms with van der Waals surface area (Å²) in [5, 5.41) is 14.0. The molecule has 0 unspecified atom stereocenters. The lowest BCUT2D eigenvalue weighted by Gasteiger charge is -2.11. The Morgan fingerprint density at radius 1 is 1.40 bits per heavy atom. The fraction of sp³-hybridized carbons (Fsp3) is 0.250. The minimum absolute atomic E-state index is 0.216. The summed E-state index contributed by atoms with van der Waals surface area (Å²) in [5.74, 6) is 0. The number of aromatic nitrogens is 3. The summed E-state index contributed by atoms with van der Waals surface area (Å²) >= 11 is 7.59. The van der Waals surface area contributed by atoms with Crippen molar-refractivity contribution in [1.29, 1.82) is 5.41 Å². The van der Waals surface area contributed by atoms with Gasteiger partial charge in [0.25, 0.3) is 0 Å². The molecule has 0 fully saturated rings. The van der Waals surface area contributed by atoms with Crippen molar-refractivity contribution in [3.8, 4) is 0 Å². The van der Waals surface area contributed by atoms with E-state index in [1.807, 2.05) is 37.6 Å². The first-order valence-corrected chi connectivity index (χ1v) is 10.3. The number of fused-ring (bicyclic) bond motifs is 1. The molecule has 30 heavy (non-hydrogen) atoms. The van der Waals surface area contributed by atoms with Crippen LogP contribution in [0, 0.1) is 19.3 Å². The highest BCUT2D eigenvalue weighted by atomic mass is 35.5. The average molecular weight is 444 g/mol. The molecule has 0 aliphatic rings. The summed E-state index contributed by atoms with van der Waals surface area (Å²) in [7, 11) is 1.94. The molecule has 0 saturated carbocycles. The van der Waals surface area contributed by atoms with E-state index in [9.17, 15) is 4.79 Å². The Bertz CT molecular complexity index is 1160. The summed E-state index contributed by atoms with van der Waals surface area (Å²) in [6.07, 6.45) is 5.51. The summed E-state index contributed by atoms with van der Waals surface area (Å²) in [5.41, 5.74) is 10.7. The maximum atomic E-state index is 11.5. The molecule has 10 heteroatoms. The van der Waals surface area contributed by atoms with E-state index in [4.69, 9.17) is 22.7 Å². The van der Waals surface area contributed by atoms with Crippen molar-refractivity contribution in [2.75, 3.05) is 0 Å². The molecule has 3 N–H and O–H groups in total. The number of allylic oxidation sites excluding steroid dienone is 2. The molecular weight excluding hydrogens is 422 g/mol. The minimum Gasteiger partial charge on any atom is -0.402 e. The summed E-state index contributed by atoms with van der Waals surface area (Å²) in [6.45, 7) is 4.06. The molecular formula is C20H22ClN7OS. The zero-order valence-corrected chi connectivity index (χ0v) is 18.5. The highest BCUT2D eigenvalue weighted by Gasteiger charge is 2.16. The minimum atomic E-state index is 0.216. The molecule has 0 aliphatic carbocycles. The molecule has 0 aromatic carbocycles. The summed E-state index contributed by atoms with van der Waals surface area (Å²) in [4.78, 5) is 20.5. The van der Waals surface area contributed by atoms with Crippen LogP contribution in [0.1, 0.15) is 27.5 Å². The van der Waals surface area contributed by atoms with Crippen LogP contribution in [0.15, 0.2) is 29.0 Å². The number of thiazole rings is 1. The van der Waals surface area contributed by atoms with Crippen molar-refractivity contribution in [1.82, 2.24) is 19.5 Å². The quantitative estimate of drug-likeness (QED) is 0.240. The number of rotatable bonds is 8. The Morgan fingerprint density at radius 2 is 2.17 bits per heavy atom. The highest BCUT2D eigenvalue weighted by molar-refractivity contribution is 7.19. The second kappa shape index (κ2) is 9.19. The monoisotopic (exact) mass is 443 g/mol. The van der Waals surface area contributed by atoms with E-state index in [0.29, 0.717) is 29.4 Å². The summed E-state index contributed by atoms with van der Waals surface area (Å²) in [6, 6.07) is 3.68. The van der Waals surface area contributed by atoms with Crippen LogP contribution in [-0.2, 0) is 24.8 Å². The van der Waals surface area contributed by atoms with Crippen LogP contribution < -0.4 is 5.73 Å². The standard InChI is InChI=1S/C20H22ClN7OS/c1-12-4-5-15(25-19(12)21)10-28(11-29)24-9-16-13(2)27(3)20-18(16)30-17(26-20)8-14(23)6-7-22/h4-7,9,11,22H,8,10,23H2,1-3H3/b14-6?,22-7?,24-9-. The number of aryl methyl sites for hydroxylation is 2. The Balaban J connectivity index is 1.87. The van der Waals surface area contributed by atoms with Crippen LogP contribution in [-0.4, -0.2) is 38.4 Å². The van der Waals surface area contributed by atoms with Gasteiger partial charge < -0.3 is 15.7 Å². The molecule has 3 heterocycles. The molecule has 156 valence electrons.